The first kappa shape index (κ1) is 52.9. The van der Waals surface area contributed by atoms with Gasteiger partial charge in [-0.2, -0.15) is 0 Å². The molecule has 1 aromatic rings. The number of aliphatic hydroxyl groups is 1. The summed E-state index contributed by atoms with van der Waals surface area (Å²) in [4.78, 5) is 0. The summed E-state index contributed by atoms with van der Waals surface area (Å²) in [6, 6.07) is 8.67. The minimum Gasteiger partial charge on any atom is -0.511 e. The molecule has 4 heteroatoms. The number of aryl methyl sites for hydroxylation is 1. The number of nitrogens with one attached hydrogen (secondary N) is 3. The van der Waals surface area contributed by atoms with Crippen LogP contribution in [0.4, 0.5) is 0 Å². The van der Waals surface area contributed by atoms with Gasteiger partial charge >= 0.3 is 0 Å². The summed E-state index contributed by atoms with van der Waals surface area (Å²) in [6.45, 7) is 31.1. The van der Waals surface area contributed by atoms with E-state index in [1.807, 2.05) is 0 Å². The maximum absolute atomic E-state index is 10.2. The number of hydrogen-bond donors (Lipinski definition) is 4. The zero-order chi connectivity index (χ0) is 42.5. The molecule has 0 amide bonds. The molecular formula is C54H93N3O. The molecule has 0 saturated carbocycles. The Morgan fingerprint density at radius 2 is 0.862 bits per heavy atom. The van der Waals surface area contributed by atoms with Gasteiger partial charge in [0.25, 0.3) is 0 Å². The van der Waals surface area contributed by atoms with Crippen molar-refractivity contribution in [3.05, 3.63) is 109 Å². The molecule has 0 aliphatic heterocycles. The molecule has 330 valence electrons. The quantitative estimate of drug-likeness (QED) is 0.0302. The van der Waals surface area contributed by atoms with E-state index < -0.39 is 0 Å². The SMILES string of the molecule is C=C(C)CCCCCCCCCCCCCCCCC(=C)NC(CCC(=C)NCCCCCCCC(=C)NCCCCCCCC(=C)Cc1ccc(C)cc1)C(=C)O. The first-order valence-corrected chi connectivity index (χ1v) is 24.1. The van der Waals surface area contributed by atoms with Crippen LogP contribution < -0.4 is 16.0 Å². The van der Waals surface area contributed by atoms with E-state index in [2.05, 4.69) is 93.5 Å². The average molecular weight is 800 g/mol. The number of unbranched alkanes of at least 4 members (excludes halogenated alkanes) is 21. The van der Waals surface area contributed by atoms with Gasteiger partial charge in [-0.05, 0) is 103 Å². The van der Waals surface area contributed by atoms with Crippen LogP contribution in [0.2, 0.25) is 0 Å². The van der Waals surface area contributed by atoms with Crippen LogP contribution in [0.3, 0.4) is 0 Å². The van der Waals surface area contributed by atoms with Crippen molar-refractivity contribution in [1.29, 1.82) is 0 Å². The van der Waals surface area contributed by atoms with E-state index in [1.54, 1.807) is 0 Å². The van der Waals surface area contributed by atoms with E-state index in [0.29, 0.717) is 0 Å². The molecular weight excluding hydrogens is 707 g/mol. The summed E-state index contributed by atoms with van der Waals surface area (Å²) in [5.41, 5.74) is 8.61. The zero-order valence-corrected chi connectivity index (χ0v) is 38.4. The van der Waals surface area contributed by atoms with Crippen LogP contribution in [-0.4, -0.2) is 24.2 Å². The highest BCUT2D eigenvalue weighted by Crippen LogP contribution is 2.18. The molecule has 58 heavy (non-hydrogen) atoms. The van der Waals surface area contributed by atoms with Crippen LogP contribution in [0, 0.1) is 6.92 Å². The molecule has 0 heterocycles. The summed E-state index contributed by atoms with van der Waals surface area (Å²) >= 11 is 0. The maximum atomic E-state index is 10.2. The van der Waals surface area contributed by atoms with Gasteiger partial charge in [0.05, 0.1) is 6.04 Å². The number of aliphatic hydroxyl groups excluding tert-OH is 1. The Morgan fingerprint density at radius 3 is 1.31 bits per heavy atom. The van der Waals surface area contributed by atoms with E-state index in [9.17, 15) is 5.11 Å². The van der Waals surface area contributed by atoms with E-state index in [-0.39, 0.29) is 11.8 Å². The van der Waals surface area contributed by atoms with Crippen molar-refractivity contribution in [2.24, 2.45) is 0 Å². The van der Waals surface area contributed by atoms with Crippen LogP contribution in [0.1, 0.15) is 211 Å². The smallest absolute Gasteiger partial charge is 0.107 e. The largest absolute Gasteiger partial charge is 0.511 e. The van der Waals surface area contributed by atoms with Crippen LogP contribution in [0.15, 0.2) is 97.7 Å². The molecule has 1 atom stereocenters. The highest BCUT2D eigenvalue weighted by atomic mass is 16.3. The molecule has 0 aliphatic carbocycles. The van der Waals surface area contributed by atoms with Crippen molar-refractivity contribution in [2.75, 3.05) is 13.1 Å². The predicted octanol–water partition coefficient (Wildman–Crippen LogP) is 16.1. The Bertz CT molecular complexity index is 1240. The number of benzene rings is 1. The monoisotopic (exact) mass is 800 g/mol. The molecule has 0 aromatic heterocycles. The topological polar surface area (TPSA) is 56.3 Å². The predicted molar refractivity (Wildman–Crippen MR) is 259 cm³/mol. The Kier molecular flexibility index (Phi) is 33.6. The molecule has 0 radical (unpaired) electrons. The van der Waals surface area contributed by atoms with Crippen molar-refractivity contribution in [1.82, 2.24) is 16.0 Å². The van der Waals surface area contributed by atoms with Gasteiger partial charge in [0.2, 0.25) is 0 Å². The van der Waals surface area contributed by atoms with Gasteiger partial charge in [-0.25, -0.2) is 0 Å². The average Bonchev–Trinajstić information content (AvgIpc) is 3.18. The fourth-order valence-electron chi connectivity index (χ4n) is 7.66. The lowest BCUT2D eigenvalue weighted by molar-refractivity contribution is 0.340. The summed E-state index contributed by atoms with van der Waals surface area (Å²) in [7, 11) is 0. The van der Waals surface area contributed by atoms with Crippen LogP contribution in [-0.2, 0) is 6.42 Å². The molecule has 0 saturated heterocycles. The Balaban J connectivity index is 1.91. The standard InChI is InChI=1S/C54H93N3O/c1-46(2)33-27-21-17-15-13-11-9-10-12-14-16-18-23-30-36-51(7)57-54(52(8)58)42-39-50(6)56-44-32-26-20-24-29-35-49(5)55-43-31-25-19-22-28-34-48(4)45-53-40-37-47(3)38-41-53/h37-38,40-41,54-58H,1,4-36,39,42-45H2,2-3H3. The number of allylic oxidation sites excluding steroid dienone is 5. The van der Waals surface area contributed by atoms with Gasteiger partial charge in [-0.15, -0.1) is 6.58 Å². The first-order valence-electron chi connectivity index (χ1n) is 24.1. The third-order valence-electron chi connectivity index (χ3n) is 11.5. The molecule has 1 aromatic carbocycles. The molecule has 0 bridgehead atoms. The first-order chi connectivity index (χ1) is 28.1. The Morgan fingerprint density at radius 1 is 0.483 bits per heavy atom. The van der Waals surface area contributed by atoms with Gasteiger partial charge < -0.3 is 21.1 Å². The highest BCUT2D eigenvalue weighted by molar-refractivity contribution is 5.24. The molecule has 4 nitrogen and oxygen atoms in total. The van der Waals surface area contributed by atoms with Gasteiger partial charge in [-0.3, -0.25) is 0 Å². The second-order valence-electron chi connectivity index (χ2n) is 17.7. The zero-order valence-electron chi connectivity index (χ0n) is 38.4. The molecule has 1 unspecified atom stereocenters. The maximum Gasteiger partial charge on any atom is 0.107 e. The Hall–Kier alpha value is -3.14. The normalized spacial score (nSPS) is 11.6. The highest BCUT2D eigenvalue weighted by Gasteiger charge is 2.13. The minimum atomic E-state index is -0.173. The van der Waals surface area contributed by atoms with Crippen LogP contribution >= 0.6 is 0 Å². The third-order valence-corrected chi connectivity index (χ3v) is 11.5. The second kappa shape index (κ2) is 36.9. The summed E-state index contributed by atoms with van der Waals surface area (Å²) in [6.07, 6.45) is 38.4. The molecule has 0 fully saturated rings. The fraction of sp³-hybridized carbons (Fsp3) is 0.667. The van der Waals surface area contributed by atoms with E-state index in [4.69, 9.17) is 0 Å². The van der Waals surface area contributed by atoms with Crippen LogP contribution in [0.5, 0.6) is 0 Å². The molecule has 1 rings (SSSR count). The van der Waals surface area contributed by atoms with Gasteiger partial charge in [0.15, 0.2) is 0 Å². The van der Waals surface area contributed by atoms with E-state index in [0.717, 1.165) is 75.9 Å². The molecule has 4 N–H and O–H groups in total. The fourth-order valence-corrected chi connectivity index (χ4v) is 7.66. The van der Waals surface area contributed by atoms with Gasteiger partial charge in [-0.1, -0.05) is 189 Å². The van der Waals surface area contributed by atoms with Gasteiger partial charge in [0, 0.05) is 30.2 Å². The van der Waals surface area contributed by atoms with E-state index >= 15 is 0 Å². The van der Waals surface area contributed by atoms with Gasteiger partial charge in [0.1, 0.15) is 5.76 Å². The number of hydrogen-bond acceptors (Lipinski definition) is 4. The third kappa shape index (κ3) is 33.8. The molecule has 0 aliphatic rings. The van der Waals surface area contributed by atoms with Crippen LogP contribution in [0.25, 0.3) is 0 Å². The second-order valence-corrected chi connectivity index (χ2v) is 17.7. The lowest BCUT2D eigenvalue weighted by Gasteiger charge is -2.21. The van der Waals surface area contributed by atoms with E-state index in [1.165, 1.54) is 176 Å². The summed E-state index contributed by atoms with van der Waals surface area (Å²) < 4.78 is 0. The number of rotatable bonds is 43. The lowest BCUT2D eigenvalue weighted by Crippen LogP contribution is -2.30. The van der Waals surface area contributed by atoms with Crippen molar-refractivity contribution in [2.45, 2.75) is 219 Å². The molecule has 0 spiro atoms. The lowest BCUT2D eigenvalue weighted by atomic mass is 10.00. The van der Waals surface area contributed by atoms with Crippen molar-refractivity contribution in [3.8, 4) is 0 Å². The Labute approximate surface area is 360 Å². The van der Waals surface area contributed by atoms with Crippen molar-refractivity contribution in [3.63, 3.8) is 0 Å². The van der Waals surface area contributed by atoms with Crippen molar-refractivity contribution >= 4 is 0 Å². The van der Waals surface area contributed by atoms with Crippen molar-refractivity contribution < 1.29 is 5.11 Å². The summed E-state index contributed by atoms with van der Waals surface area (Å²) in [5.74, 6) is 0.184. The minimum absolute atomic E-state index is 0.173. The summed E-state index contributed by atoms with van der Waals surface area (Å²) in [5, 5.41) is 20.7.